The lowest BCUT2D eigenvalue weighted by Crippen LogP contribution is -2.45. The summed E-state index contributed by atoms with van der Waals surface area (Å²) in [4.78, 5) is 2.28. The van der Waals surface area contributed by atoms with Crippen molar-refractivity contribution in [3.05, 3.63) is 23.3 Å². The van der Waals surface area contributed by atoms with E-state index in [1.165, 1.54) is 11.3 Å². The Morgan fingerprint density at radius 1 is 1.44 bits per heavy atom. The molecule has 18 heavy (non-hydrogen) atoms. The molecule has 1 aliphatic heterocycles. The summed E-state index contributed by atoms with van der Waals surface area (Å²) in [6.07, 6.45) is 1.09. The van der Waals surface area contributed by atoms with E-state index in [-0.39, 0.29) is 5.54 Å². The van der Waals surface area contributed by atoms with Crippen molar-refractivity contribution >= 4 is 5.69 Å². The van der Waals surface area contributed by atoms with Gasteiger partial charge in [0.05, 0.1) is 12.7 Å². The van der Waals surface area contributed by atoms with Crippen LogP contribution in [0.2, 0.25) is 0 Å². The van der Waals surface area contributed by atoms with Crippen LogP contribution in [-0.2, 0) is 0 Å². The van der Waals surface area contributed by atoms with Gasteiger partial charge in [0.15, 0.2) is 0 Å². The molecule has 1 aliphatic rings. The third-order valence-electron chi connectivity index (χ3n) is 4.08. The molecule has 3 heteroatoms. The van der Waals surface area contributed by atoms with E-state index in [0.29, 0.717) is 17.2 Å². The highest BCUT2D eigenvalue weighted by molar-refractivity contribution is 5.65. The standard InChI is InChI=1S/C15H20N2O/c1-10-8-15(2,3)17(4)13-7-14(18-5)11(9-16)6-12(10)13/h6-7,10H,8H2,1-5H3/t10-/m1/s1. The van der Waals surface area contributed by atoms with Crippen molar-refractivity contribution in [2.24, 2.45) is 0 Å². The van der Waals surface area contributed by atoms with Gasteiger partial charge in [0.1, 0.15) is 11.8 Å². The molecule has 3 nitrogen and oxygen atoms in total. The van der Waals surface area contributed by atoms with Crippen LogP contribution in [0.5, 0.6) is 5.75 Å². The maximum atomic E-state index is 9.16. The molecule has 0 amide bonds. The Hall–Kier alpha value is -1.69. The van der Waals surface area contributed by atoms with E-state index >= 15 is 0 Å². The van der Waals surface area contributed by atoms with Crippen LogP contribution in [0, 0.1) is 11.3 Å². The van der Waals surface area contributed by atoms with Crippen molar-refractivity contribution in [2.45, 2.75) is 38.6 Å². The number of fused-ring (bicyclic) bond motifs is 1. The Balaban J connectivity index is 2.63. The average molecular weight is 244 g/mol. The molecule has 0 radical (unpaired) electrons. The fourth-order valence-electron chi connectivity index (χ4n) is 2.85. The summed E-state index contributed by atoms with van der Waals surface area (Å²) < 4.78 is 5.30. The van der Waals surface area contributed by atoms with Crippen molar-refractivity contribution in [2.75, 3.05) is 19.1 Å². The normalized spacial score (nSPS) is 21.1. The van der Waals surface area contributed by atoms with Gasteiger partial charge >= 0.3 is 0 Å². The lowest BCUT2D eigenvalue weighted by atomic mass is 9.80. The van der Waals surface area contributed by atoms with Gasteiger partial charge < -0.3 is 9.64 Å². The minimum absolute atomic E-state index is 0.131. The number of hydrogen-bond acceptors (Lipinski definition) is 3. The number of nitrogens with zero attached hydrogens (tertiary/aromatic N) is 2. The smallest absolute Gasteiger partial charge is 0.138 e. The second-order valence-electron chi connectivity index (χ2n) is 5.70. The highest BCUT2D eigenvalue weighted by Crippen LogP contribution is 2.44. The first-order valence-electron chi connectivity index (χ1n) is 6.26. The zero-order chi connectivity index (χ0) is 13.5. The third kappa shape index (κ3) is 1.82. The van der Waals surface area contributed by atoms with Gasteiger partial charge in [-0.25, -0.2) is 0 Å². The largest absolute Gasteiger partial charge is 0.495 e. The van der Waals surface area contributed by atoms with E-state index in [2.05, 4.69) is 38.8 Å². The fraction of sp³-hybridized carbons (Fsp3) is 0.533. The molecule has 0 aromatic heterocycles. The first kappa shape index (κ1) is 12.8. The van der Waals surface area contributed by atoms with Gasteiger partial charge in [0.25, 0.3) is 0 Å². The SMILES string of the molecule is COc1cc2c(cc1C#N)[C@H](C)CC(C)(C)N2C. The number of anilines is 1. The predicted molar refractivity (Wildman–Crippen MR) is 73.2 cm³/mol. The molecule has 1 aromatic rings. The lowest BCUT2D eigenvalue weighted by Gasteiger charge is -2.45. The van der Waals surface area contributed by atoms with E-state index in [0.717, 1.165) is 6.42 Å². The van der Waals surface area contributed by atoms with Crippen LogP contribution in [0.1, 0.15) is 44.2 Å². The van der Waals surface area contributed by atoms with E-state index in [4.69, 9.17) is 10.00 Å². The quantitative estimate of drug-likeness (QED) is 0.760. The molecule has 0 fully saturated rings. The summed E-state index contributed by atoms with van der Waals surface area (Å²) in [6, 6.07) is 6.18. The zero-order valence-corrected chi connectivity index (χ0v) is 11.7. The van der Waals surface area contributed by atoms with Crippen LogP contribution in [-0.4, -0.2) is 19.7 Å². The molecule has 96 valence electrons. The molecule has 0 spiro atoms. The first-order valence-corrected chi connectivity index (χ1v) is 6.26. The minimum Gasteiger partial charge on any atom is -0.495 e. The van der Waals surface area contributed by atoms with Crippen LogP contribution in [0.25, 0.3) is 0 Å². The molecule has 0 saturated heterocycles. The molecule has 1 heterocycles. The van der Waals surface area contributed by atoms with Crippen molar-refractivity contribution in [3.8, 4) is 11.8 Å². The van der Waals surface area contributed by atoms with Crippen LogP contribution in [0.4, 0.5) is 5.69 Å². The topological polar surface area (TPSA) is 36.3 Å². The Bertz CT molecular complexity index is 514. The van der Waals surface area contributed by atoms with Crippen LogP contribution < -0.4 is 9.64 Å². The average Bonchev–Trinajstić information content (AvgIpc) is 2.34. The zero-order valence-electron chi connectivity index (χ0n) is 11.7. The van der Waals surface area contributed by atoms with Crippen LogP contribution >= 0.6 is 0 Å². The minimum atomic E-state index is 0.131. The Labute approximate surface area is 109 Å². The number of ether oxygens (including phenoxy) is 1. The van der Waals surface area contributed by atoms with Gasteiger partial charge in [0.2, 0.25) is 0 Å². The lowest BCUT2D eigenvalue weighted by molar-refractivity contribution is 0.389. The van der Waals surface area contributed by atoms with Gasteiger partial charge in [0, 0.05) is 24.3 Å². The highest BCUT2D eigenvalue weighted by Gasteiger charge is 2.34. The number of methoxy groups -OCH3 is 1. The third-order valence-corrected chi connectivity index (χ3v) is 4.08. The molecule has 0 bridgehead atoms. The maximum Gasteiger partial charge on any atom is 0.138 e. The first-order chi connectivity index (χ1) is 8.40. The van der Waals surface area contributed by atoms with E-state index in [1.54, 1.807) is 7.11 Å². The number of hydrogen-bond donors (Lipinski definition) is 0. The number of nitriles is 1. The molecule has 0 saturated carbocycles. The van der Waals surface area contributed by atoms with E-state index in [9.17, 15) is 0 Å². The van der Waals surface area contributed by atoms with Crippen molar-refractivity contribution in [1.82, 2.24) is 0 Å². The molecule has 0 aliphatic carbocycles. The second-order valence-corrected chi connectivity index (χ2v) is 5.70. The van der Waals surface area contributed by atoms with E-state index < -0.39 is 0 Å². The molecular weight excluding hydrogens is 224 g/mol. The molecule has 1 aromatic carbocycles. The Morgan fingerprint density at radius 2 is 2.11 bits per heavy atom. The van der Waals surface area contributed by atoms with Gasteiger partial charge in [-0.3, -0.25) is 0 Å². The Morgan fingerprint density at radius 3 is 2.67 bits per heavy atom. The Kier molecular flexibility index (Phi) is 2.98. The summed E-state index contributed by atoms with van der Waals surface area (Å²) >= 11 is 0. The molecule has 0 N–H and O–H groups in total. The van der Waals surface area contributed by atoms with Crippen molar-refractivity contribution in [3.63, 3.8) is 0 Å². The molecular formula is C15H20N2O. The monoisotopic (exact) mass is 244 g/mol. The van der Waals surface area contributed by atoms with Gasteiger partial charge in [-0.1, -0.05) is 6.92 Å². The second kappa shape index (κ2) is 4.20. The fourth-order valence-corrected chi connectivity index (χ4v) is 2.85. The summed E-state index contributed by atoms with van der Waals surface area (Å²) in [6.45, 7) is 6.72. The molecule has 1 atom stereocenters. The summed E-state index contributed by atoms with van der Waals surface area (Å²) in [5.41, 5.74) is 3.17. The summed E-state index contributed by atoms with van der Waals surface area (Å²) in [7, 11) is 3.72. The summed E-state index contributed by atoms with van der Waals surface area (Å²) in [5, 5.41) is 9.16. The van der Waals surface area contributed by atoms with Crippen molar-refractivity contribution in [1.29, 1.82) is 5.26 Å². The molecule has 0 unspecified atom stereocenters. The number of rotatable bonds is 1. The van der Waals surface area contributed by atoms with Gasteiger partial charge in [-0.2, -0.15) is 5.26 Å². The highest BCUT2D eigenvalue weighted by atomic mass is 16.5. The maximum absolute atomic E-state index is 9.16. The molecule has 2 rings (SSSR count). The van der Waals surface area contributed by atoms with Crippen LogP contribution in [0.3, 0.4) is 0 Å². The van der Waals surface area contributed by atoms with Gasteiger partial charge in [-0.15, -0.1) is 0 Å². The van der Waals surface area contributed by atoms with E-state index in [1.807, 2.05) is 12.1 Å². The predicted octanol–water partition coefficient (Wildman–Crippen LogP) is 3.29. The van der Waals surface area contributed by atoms with Crippen LogP contribution in [0.15, 0.2) is 12.1 Å². The van der Waals surface area contributed by atoms with Gasteiger partial charge in [-0.05, 0) is 37.8 Å². The van der Waals surface area contributed by atoms with Crippen molar-refractivity contribution < 1.29 is 4.74 Å². The summed E-state index contributed by atoms with van der Waals surface area (Å²) in [5.74, 6) is 1.12. The number of benzene rings is 1.